The van der Waals surface area contributed by atoms with Gasteiger partial charge < -0.3 is 10.1 Å². The van der Waals surface area contributed by atoms with Gasteiger partial charge in [0.2, 0.25) is 0 Å². The van der Waals surface area contributed by atoms with E-state index >= 15 is 0 Å². The number of aryl methyl sites for hydroxylation is 2. The quantitative estimate of drug-likeness (QED) is 0.168. The van der Waals surface area contributed by atoms with Crippen LogP contribution in [0.5, 0.6) is 5.75 Å². The smallest absolute Gasteiger partial charge is 0.252 e. The van der Waals surface area contributed by atoms with Crippen molar-refractivity contribution in [3.05, 3.63) is 89.2 Å². The van der Waals surface area contributed by atoms with Crippen molar-refractivity contribution in [2.75, 3.05) is 13.7 Å². The highest BCUT2D eigenvalue weighted by molar-refractivity contribution is 6.03. The monoisotopic (exact) mass is 521 g/mol. The number of methoxy groups -OCH3 is 1. The number of fused-ring (bicyclic) bond motifs is 1. The second kappa shape index (κ2) is 12.2. The lowest BCUT2D eigenvalue weighted by Crippen LogP contribution is -2.24. The molecule has 1 amide bonds. The Morgan fingerprint density at radius 2 is 1.82 bits per heavy atom. The fourth-order valence-electron chi connectivity index (χ4n) is 4.93. The van der Waals surface area contributed by atoms with E-state index in [0.29, 0.717) is 41.5 Å². The summed E-state index contributed by atoms with van der Waals surface area (Å²) in [6.45, 7) is 2.74. The molecule has 1 saturated carbocycles. The molecule has 39 heavy (non-hydrogen) atoms. The summed E-state index contributed by atoms with van der Waals surface area (Å²) >= 11 is 0. The first kappa shape index (κ1) is 26.5. The minimum Gasteiger partial charge on any atom is -0.496 e. The van der Waals surface area contributed by atoms with Crippen LogP contribution in [0.4, 0.5) is 0 Å². The first-order chi connectivity index (χ1) is 19.1. The number of hydrogen-bond donors (Lipinski definition) is 1. The van der Waals surface area contributed by atoms with E-state index in [2.05, 4.69) is 34.3 Å². The van der Waals surface area contributed by atoms with Crippen LogP contribution in [-0.2, 0) is 12.8 Å². The Hall–Kier alpha value is -4.06. The third-order valence-electron chi connectivity index (χ3n) is 7.40. The van der Waals surface area contributed by atoms with Crippen molar-refractivity contribution in [2.24, 2.45) is 5.92 Å². The maximum Gasteiger partial charge on any atom is 0.252 e. The number of ketones is 1. The van der Waals surface area contributed by atoms with Crippen LogP contribution in [0.1, 0.15) is 70.9 Å². The highest BCUT2D eigenvalue weighted by atomic mass is 16.5. The Labute approximate surface area is 229 Å². The maximum absolute atomic E-state index is 13.3. The molecule has 0 aliphatic heterocycles. The maximum atomic E-state index is 13.3. The third-order valence-corrected chi connectivity index (χ3v) is 7.40. The second-order valence-corrected chi connectivity index (χ2v) is 10.3. The molecular weight excluding hydrogens is 486 g/mol. The fourth-order valence-corrected chi connectivity index (χ4v) is 4.93. The molecule has 1 N–H and O–H groups in total. The minimum absolute atomic E-state index is 0.126. The van der Waals surface area contributed by atoms with E-state index in [1.54, 1.807) is 25.6 Å². The number of pyridine rings is 2. The van der Waals surface area contributed by atoms with Gasteiger partial charge in [0.1, 0.15) is 5.75 Å². The molecule has 0 radical (unpaired) electrons. The zero-order valence-corrected chi connectivity index (χ0v) is 22.7. The lowest BCUT2D eigenvalue weighted by Gasteiger charge is -2.16. The van der Waals surface area contributed by atoms with Crippen LogP contribution in [0.2, 0.25) is 0 Å². The van der Waals surface area contributed by atoms with Crippen LogP contribution in [0, 0.1) is 5.92 Å². The zero-order chi connectivity index (χ0) is 27.2. The summed E-state index contributed by atoms with van der Waals surface area (Å²) in [7, 11) is 1.63. The summed E-state index contributed by atoms with van der Waals surface area (Å²) in [6.07, 6.45) is 9.71. The van der Waals surface area contributed by atoms with Gasteiger partial charge in [-0.1, -0.05) is 43.7 Å². The Balaban J connectivity index is 1.53. The number of aromatic nitrogens is 2. The number of rotatable bonds is 12. The molecule has 1 fully saturated rings. The SMILES string of the molecule is CCCCNC(=O)c1ccc(-c2cc3c(CCc4ccccc4)c(C(=O)CC4CC4)cnc3cc2OC)nc1. The van der Waals surface area contributed by atoms with Gasteiger partial charge in [0.05, 0.1) is 23.9 Å². The summed E-state index contributed by atoms with van der Waals surface area (Å²) in [5.41, 5.74) is 5.77. The Morgan fingerprint density at radius 1 is 1.00 bits per heavy atom. The number of nitrogens with zero attached hydrogens (tertiary/aromatic N) is 2. The lowest BCUT2D eigenvalue weighted by atomic mass is 9.92. The molecule has 4 aromatic rings. The Morgan fingerprint density at radius 3 is 2.51 bits per heavy atom. The van der Waals surface area contributed by atoms with Gasteiger partial charge in [-0.05, 0) is 67.3 Å². The molecule has 0 atom stereocenters. The van der Waals surface area contributed by atoms with E-state index in [9.17, 15) is 9.59 Å². The second-order valence-electron chi connectivity index (χ2n) is 10.3. The van der Waals surface area contributed by atoms with E-state index in [-0.39, 0.29) is 11.7 Å². The van der Waals surface area contributed by atoms with Crippen LogP contribution in [0.3, 0.4) is 0 Å². The average molecular weight is 522 g/mol. The van der Waals surface area contributed by atoms with Gasteiger partial charge in [0.15, 0.2) is 5.78 Å². The number of benzene rings is 2. The summed E-state index contributed by atoms with van der Waals surface area (Å²) in [5.74, 6) is 1.19. The summed E-state index contributed by atoms with van der Waals surface area (Å²) in [5, 5.41) is 3.87. The van der Waals surface area contributed by atoms with Crippen LogP contribution in [0.15, 0.2) is 67.0 Å². The van der Waals surface area contributed by atoms with Crippen LogP contribution >= 0.6 is 0 Å². The van der Waals surface area contributed by atoms with Gasteiger partial charge in [-0.25, -0.2) is 0 Å². The van der Waals surface area contributed by atoms with E-state index in [4.69, 9.17) is 4.74 Å². The normalized spacial score (nSPS) is 12.9. The topological polar surface area (TPSA) is 81.2 Å². The summed E-state index contributed by atoms with van der Waals surface area (Å²) in [4.78, 5) is 35.1. The third kappa shape index (κ3) is 6.33. The number of ether oxygens (including phenoxy) is 1. The number of carbonyl (C=O) groups excluding carboxylic acids is 2. The molecule has 5 rings (SSSR count). The summed E-state index contributed by atoms with van der Waals surface area (Å²) in [6, 6.07) is 17.9. The number of nitrogens with one attached hydrogen (secondary N) is 1. The molecule has 2 heterocycles. The Kier molecular flexibility index (Phi) is 8.30. The number of amides is 1. The van der Waals surface area contributed by atoms with E-state index in [0.717, 1.165) is 60.6 Å². The van der Waals surface area contributed by atoms with E-state index in [1.165, 1.54) is 5.56 Å². The first-order valence-electron chi connectivity index (χ1n) is 13.9. The fraction of sp³-hybridized carbons (Fsp3) is 0.333. The van der Waals surface area contributed by atoms with Crippen molar-refractivity contribution < 1.29 is 14.3 Å². The van der Waals surface area contributed by atoms with Crippen LogP contribution in [0.25, 0.3) is 22.2 Å². The standard InChI is InChI=1S/C33H35N3O3/c1-3-4-16-34-33(38)24-13-15-29(35-20-24)27-18-26-25(14-12-22-8-6-5-7-9-22)28(31(37)17-23-10-11-23)21-36-30(26)19-32(27)39-2/h5-9,13,15,18-21,23H,3-4,10-12,14,16-17H2,1-2H3,(H,34,38). The van der Waals surface area contributed by atoms with Gasteiger partial charge in [-0.2, -0.15) is 0 Å². The van der Waals surface area contributed by atoms with E-state index < -0.39 is 0 Å². The lowest BCUT2D eigenvalue weighted by molar-refractivity contribution is 0.0950. The van der Waals surface area contributed by atoms with Crippen molar-refractivity contribution in [3.8, 4) is 17.0 Å². The van der Waals surface area contributed by atoms with Gasteiger partial charge >= 0.3 is 0 Å². The zero-order valence-electron chi connectivity index (χ0n) is 22.7. The number of carbonyl (C=O) groups is 2. The van der Waals surface area contributed by atoms with Gasteiger partial charge in [-0.15, -0.1) is 0 Å². The molecule has 0 unspecified atom stereocenters. The van der Waals surface area contributed by atoms with Crippen molar-refractivity contribution in [2.45, 2.75) is 51.9 Å². The highest BCUT2D eigenvalue weighted by Gasteiger charge is 2.27. The average Bonchev–Trinajstić information content (AvgIpc) is 3.79. The predicted octanol–water partition coefficient (Wildman–Crippen LogP) is 6.60. The largest absolute Gasteiger partial charge is 0.496 e. The van der Waals surface area contributed by atoms with Crippen LogP contribution < -0.4 is 10.1 Å². The Bertz CT molecular complexity index is 1460. The summed E-state index contributed by atoms with van der Waals surface area (Å²) < 4.78 is 5.73. The molecule has 6 heteroatoms. The first-order valence-corrected chi connectivity index (χ1v) is 13.9. The molecule has 0 bridgehead atoms. The van der Waals surface area contributed by atoms with E-state index in [1.807, 2.05) is 36.4 Å². The van der Waals surface area contributed by atoms with Gasteiger partial charge in [-0.3, -0.25) is 19.6 Å². The van der Waals surface area contributed by atoms with Crippen molar-refractivity contribution in [1.82, 2.24) is 15.3 Å². The van der Waals surface area contributed by atoms with Gasteiger partial charge in [0.25, 0.3) is 5.91 Å². The predicted molar refractivity (Wildman–Crippen MR) is 154 cm³/mol. The van der Waals surface area contributed by atoms with Crippen molar-refractivity contribution in [3.63, 3.8) is 0 Å². The molecule has 1 aliphatic carbocycles. The molecule has 200 valence electrons. The van der Waals surface area contributed by atoms with Crippen LogP contribution in [-0.4, -0.2) is 35.3 Å². The number of hydrogen-bond acceptors (Lipinski definition) is 5. The van der Waals surface area contributed by atoms with Crippen molar-refractivity contribution >= 4 is 22.6 Å². The minimum atomic E-state index is -0.126. The molecule has 1 aliphatic rings. The van der Waals surface area contributed by atoms with Crippen molar-refractivity contribution in [1.29, 1.82) is 0 Å². The highest BCUT2D eigenvalue weighted by Crippen LogP contribution is 2.37. The molecule has 6 nitrogen and oxygen atoms in total. The molecular formula is C33H35N3O3. The molecule has 0 saturated heterocycles. The molecule has 2 aromatic carbocycles. The molecule has 2 aromatic heterocycles. The van der Waals surface area contributed by atoms with Gasteiger partial charge in [0, 0.05) is 47.9 Å². The number of unbranched alkanes of at least 4 members (excludes halogenated alkanes) is 1. The number of Topliss-reactive ketones (excluding diaryl/α,β-unsaturated/α-hetero) is 1. The molecule has 0 spiro atoms.